The predicted molar refractivity (Wildman–Crippen MR) is 36.7 cm³/mol. The van der Waals surface area contributed by atoms with E-state index in [1.165, 1.54) is 6.08 Å². The number of carbonyl (C=O) groups is 1. The Morgan fingerprint density at radius 3 is 3.10 bits per heavy atom. The van der Waals surface area contributed by atoms with Crippen LogP contribution in [0.5, 0.6) is 0 Å². The average Bonchev–Trinajstić information content (AvgIpc) is 2.22. The number of ether oxygens (including phenoxy) is 1. The summed E-state index contributed by atoms with van der Waals surface area (Å²) in [6.45, 7) is 0. The first-order chi connectivity index (χ1) is 4.71. The van der Waals surface area contributed by atoms with Gasteiger partial charge in [0.1, 0.15) is 0 Å². The van der Waals surface area contributed by atoms with Gasteiger partial charge in [-0.25, -0.2) is 0 Å². The molecule has 0 N–H and O–H groups in total. The molecule has 2 rings (SSSR count). The van der Waals surface area contributed by atoms with Gasteiger partial charge in [0.2, 0.25) is 10.8 Å². The number of alkyl halides is 1. The van der Waals surface area contributed by atoms with Gasteiger partial charge in [-0.1, -0.05) is 17.7 Å². The lowest BCUT2D eigenvalue weighted by Crippen LogP contribution is -2.33. The molecular weight excluding hydrogens is 152 g/mol. The highest BCUT2D eigenvalue weighted by atomic mass is 35.5. The number of hydrogen-bond donors (Lipinski definition) is 0. The van der Waals surface area contributed by atoms with E-state index < -0.39 is 5.06 Å². The van der Waals surface area contributed by atoms with E-state index in [-0.39, 0.29) is 11.9 Å². The summed E-state index contributed by atoms with van der Waals surface area (Å²) < 4.78 is 5.11. The first-order valence-corrected chi connectivity index (χ1v) is 3.37. The van der Waals surface area contributed by atoms with Crippen molar-refractivity contribution in [3.05, 3.63) is 24.3 Å². The number of hydrogen-bond acceptors (Lipinski definition) is 2. The van der Waals surface area contributed by atoms with Gasteiger partial charge in [-0.15, -0.1) is 0 Å². The molecule has 0 aromatic rings. The van der Waals surface area contributed by atoms with Crippen molar-refractivity contribution in [2.45, 2.75) is 11.2 Å². The summed E-state index contributed by atoms with van der Waals surface area (Å²) in [6, 6.07) is 0. The second kappa shape index (κ2) is 1.71. The summed E-state index contributed by atoms with van der Waals surface area (Å²) in [5.74, 6) is -0.195. The molecule has 0 amide bonds. The summed E-state index contributed by atoms with van der Waals surface area (Å²) in [5.41, 5.74) is 0. The molecule has 0 saturated heterocycles. The summed E-state index contributed by atoms with van der Waals surface area (Å²) in [5, 5.41) is -1.18. The lowest BCUT2D eigenvalue weighted by molar-refractivity contribution is -0.127. The van der Waals surface area contributed by atoms with Crippen LogP contribution in [0.4, 0.5) is 0 Å². The third kappa shape index (κ3) is 0.662. The molecule has 0 radical (unpaired) electrons. The fourth-order valence-electron chi connectivity index (χ4n) is 1.03. The zero-order valence-electron chi connectivity index (χ0n) is 5.08. The van der Waals surface area contributed by atoms with Crippen molar-refractivity contribution in [2.24, 2.45) is 0 Å². The molecule has 0 aromatic heterocycles. The van der Waals surface area contributed by atoms with Crippen molar-refractivity contribution in [3.8, 4) is 0 Å². The molecule has 0 spiro atoms. The maximum Gasteiger partial charge on any atom is 0.224 e. The van der Waals surface area contributed by atoms with Crippen LogP contribution in [0, 0.1) is 0 Å². The van der Waals surface area contributed by atoms with E-state index in [1.54, 1.807) is 18.2 Å². The fourth-order valence-corrected chi connectivity index (χ4v) is 1.27. The van der Waals surface area contributed by atoms with Crippen LogP contribution >= 0.6 is 11.6 Å². The number of fused-ring (bicyclic) bond motifs is 2. The fraction of sp³-hybridized carbons (Fsp3) is 0.286. The number of carbonyl (C=O) groups excluding carboxylic acids is 1. The van der Waals surface area contributed by atoms with Gasteiger partial charge in [0.05, 0.1) is 6.10 Å². The minimum Gasteiger partial charge on any atom is -0.337 e. The Hall–Kier alpha value is -0.600. The maximum atomic E-state index is 11.0. The molecule has 2 bridgehead atoms. The molecule has 10 heavy (non-hydrogen) atoms. The number of ketones is 1. The van der Waals surface area contributed by atoms with E-state index in [4.69, 9.17) is 16.3 Å². The molecule has 0 saturated carbocycles. The Morgan fingerprint density at radius 1 is 1.60 bits per heavy atom. The van der Waals surface area contributed by atoms with Crippen LogP contribution in [-0.4, -0.2) is 16.9 Å². The van der Waals surface area contributed by atoms with Crippen molar-refractivity contribution >= 4 is 17.4 Å². The standard InChI is InChI=1S/C7H5ClO2/c8-7-4-3-5(10-7)1-2-6(7)9/h1-5H. The zero-order chi connectivity index (χ0) is 7.19. The topological polar surface area (TPSA) is 26.3 Å². The van der Waals surface area contributed by atoms with Crippen LogP contribution in [0.15, 0.2) is 24.3 Å². The maximum absolute atomic E-state index is 11.0. The normalized spacial score (nSPS) is 42.9. The van der Waals surface area contributed by atoms with Gasteiger partial charge in [0.25, 0.3) is 0 Å². The molecule has 2 nitrogen and oxygen atoms in total. The highest BCUT2D eigenvalue weighted by Gasteiger charge is 2.41. The second-order valence-corrected chi connectivity index (χ2v) is 2.87. The van der Waals surface area contributed by atoms with Gasteiger partial charge in [0.15, 0.2) is 0 Å². The summed E-state index contributed by atoms with van der Waals surface area (Å²) >= 11 is 5.74. The first kappa shape index (κ1) is 6.13. The van der Waals surface area contributed by atoms with Crippen LogP contribution in [0.3, 0.4) is 0 Å². The Morgan fingerprint density at radius 2 is 2.40 bits per heavy atom. The SMILES string of the molecule is O=C1C=CC2C=CC1(Cl)O2. The van der Waals surface area contributed by atoms with Crippen molar-refractivity contribution < 1.29 is 9.53 Å². The van der Waals surface area contributed by atoms with Gasteiger partial charge < -0.3 is 4.74 Å². The van der Waals surface area contributed by atoms with E-state index in [1.807, 2.05) is 0 Å². The molecule has 0 aromatic carbocycles. The van der Waals surface area contributed by atoms with Crippen molar-refractivity contribution in [1.82, 2.24) is 0 Å². The van der Waals surface area contributed by atoms with Gasteiger partial charge >= 0.3 is 0 Å². The van der Waals surface area contributed by atoms with Gasteiger partial charge in [-0.2, -0.15) is 0 Å². The molecule has 2 heterocycles. The second-order valence-electron chi connectivity index (χ2n) is 2.31. The third-order valence-corrected chi connectivity index (χ3v) is 1.98. The van der Waals surface area contributed by atoms with Crippen LogP contribution in [0.1, 0.15) is 0 Å². The van der Waals surface area contributed by atoms with E-state index in [9.17, 15) is 4.79 Å². The minimum atomic E-state index is -1.18. The lowest BCUT2D eigenvalue weighted by atomic mass is 10.2. The Labute approximate surface area is 63.1 Å². The quantitative estimate of drug-likeness (QED) is 0.387. The molecule has 2 aliphatic rings. The molecule has 2 unspecified atom stereocenters. The Balaban J connectivity index is 2.47. The molecule has 3 heteroatoms. The largest absolute Gasteiger partial charge is 0.337 e. The number of halogens is 1. The van der Waals surface area contributed by atoms with Crippen LogP contribution in [-0.2, 0) is 9.53 Å². The smallest absolute Gasteiger partial charge is 0.224 e. The molecule has 2 atom stereocenters. The van der Waals surface area contributed by atoms with Crippen molar-refractivity contribution in [2.75, 3.05) is 0 Å². The average molecular weight is 157 g/mol. The summed E-state index contributed by atoms with van der Waals surface area (Å²) in [7, 11) is 0. The van der Waals surface area contributed by atoms with Gasteiger partial charge in [-0.3, -0.25) is 4.79 Å². The lowest BCUT2D eigenvalue weighted by Gasteiger charge is -2.21. The Kier molecular flexibility index (Phi) is 1.05. The highest BCUT2D eigenvalue weighted by Crippen LogP contribution is 2.32. The highest BCUT2D eigenvalue weighted by molar-refractivity contribution is 6.37. The molecule has 52 valence electrons. The minimum absolute atomic E-state index is 0.102. The summed E-state index contributed by atoms with van der Waals surface area (Å²) in [6.07, 6.45) is 6.40. The van der Waals surface area contributed by atoms with Crippen LogP contribution in [0.2, 0.25) is 0 Å². The molecular formula is C7H5ClO2. The zero-order valence-corrected chi connectivity index (χ0v) is 5.84. The van der Waals surface area contributed by atoms with Gasteiger partial charge in [0, 0.05) is 0 Å². The monoisotopic (exact) mass is 156 g/mol. The predicted octanol–water partition coefficient (Wildman–Crippen LogP) is 1.02. The van der Waals surface area contributed by atoms with Gasteiger partial charge in [-0.05, 0) is 18.2 Å². The third-order valence-electron chi connectivity index (χ3n) is 1.58. The van der Waals surface area contributed by atoms with Crippen LogP contribution < -0.4 is 0 Å². The van der Waals surface area contributed by atoms with Crippen LogP contribution in [0.25, 0.3) is 0 Å². The van der Waals surface area contributed by atoms with E-state index in [0.29, 0.717) is 0 Å². The van der Waals surface area contributed by atoms with E-state index >= 15 is 0 Å². The first-order valence-electron chi connectivity index (χ1n) is 2.99. The molecule has 0 fully saturated rings. The Bertz CT molecular complexity index is 244. The molecule has 2 aliphatic heterocycles. The summed E-state index contributed by atoms with van der Waals surface area (Å²) in [4.78, 5) is 11.0. The number of rotatable bonds is 0. The van der Waals surface area contributed by atoms with E-state index in [0.717, 1.165) is 0 Å². The van der Waals surface area contributed by atoms with Crippen molar-refractivity contribution in [3.63, 3.8) is 0 Å². The molecule has 0 aliphatic carbocycles. The van der Waals surface area contributed by atoms with Crippen molar-refractivity contribution in [1.29, 1.82) is 0 Å². The van der Waals surface area contributed by atoms with E-state index in [2.05, 4.69) is 0 Å².